The smallest absolute Gasteiger partial charge is 0.0418 e. The molecule has 2 rings (SSSR count). The van der Waals surface area contributed by atoms with Crippen LogP contribution in [0.4, 0.5) is 0 Å². The van der Waals surface area contributed by atoms with Crippen molar-refractivity contribution < 1.29 is 0 Å². The van der Waals surface area contributed by atoms with Gasteiger partial charge in [0.15, 0.2) is 0 Å². The average Bonchev–Trinajstić information content (AvgIpc) is 3.01. The lowest BCUT2D eigenvalue weighted by Gasteiger charge is -2.16. The van der Waals surface area contributed by atoms with Crippen molar-refractivity contribution in [2.24, 2.45) is 0 Å². The molecule has 104 valence electrons. The van der Waals surface area contributed by atoms with Crippen molar-refractivity contribution in [3.8, 4) is 0 Å². The Bertz CT molecular complexity index is 465. The lowest BCUT2D eigenvalue weighted by Crippen LogP contribution is -2.21. The molecule has 0 aliphatic heterocycles. The van der Waals surface area contributed by atoms with Crippen LogP contribution < -0.4 is 5.32 Å². The normalized spacial score (nSPS) is 12.8. The fourth-order valence-corrected chi connectivity index (χ4v) is 4.04. The molecule has 0 radical (unpaired) electrons. The predicted molar refractivity (Wildman–Crippen MR) is 87.5 cm³/mol. The van der Waals surface area contributed by atoms with Crippen molar-refractivity contribution in [1.82, 2.24) is 5.32 Å². The van der Waals surface area contributed by atoms with E-state index in [9.17, 15) is 0 Å². The molecular weight excluding hydrogens is 270 g/mol. The van der Waals surface area contributed by atoms with E-state index < -0.39 is 0 Å². The van der Waals surface area contributed by atoms with Crippen molar-refractivity contribution >= 4 is 22.7 Å². The minimum Gasteiger partial charge on any atom is -0.309 e. The van der Waals surface area contributed by atoms with Crippen LogP contribution in [0.5, 0.6) is 0 Å². The molecule has 3 heteroatoms. The molecule has 19 heavy (non-hydrogen) atoms. The minimum absolute atomic E-state index is 0.511. The van der Waals surface area contributed by atoms with E-state index in [2.05, 4.69) is 49.0 Å². The van der Waals surface area contributed by atoms with Crippen molar-refractivity contribution in [1.29, 1.82) is 0 Å². The van der Waals surface area contributed by atoms with Crippen LogP contribution in [0.15, 0.2) is 22.9 Å². The van der Waals surface area contributed by atoms with Crippen LogP contribution in [0, 0.1) is 13.8 Å². The topological polar surface area (TPSA) is 12.0 Å². The highest BCUT2D eigenvalue weighted by atomic mass is 32.1. The third-order valence-electron chi connectivity index (χ3n) is 3.47. The fourth-order valence-electron chi connectivity index (χ4n) is 2.18. The first kappa shape index (κ1) is 14.8. The molecular formula is C16H23NS2. The van der Waals surface area contributed by atoms with Crippen molar-refractivity contribution in [2.75, 3.05) is 6.54 Å². The zero-order chi connectivity index (χ0) is 13.7. The summed E-state index contributed by atoms with van der Waals surface area (Å²) in [6.45, 7) is 7.77. The fraction of sp³-hybridized carbons (Fsp3) is 0.500. The van der Waals surface area contributed by atoms with Gasteiger partial charge >= 0.3 is 0 Å². The molecule has 0 aliphatic rings. The first-order chi connectivity index (χ1) is 9.20. The van der Waals surface area contributed by atoms with Gasteiger partial charge in [-0.2, -0.15) is 11.3 Å². The highest BCUT2D eigenvalue weighted by Gasteiger charge is 2.14. The van der Waals surface area contributed by atoms with Crippen LogP contribution in [0.1, 0.15) is 46.7 Å². The number of thiophene rings is 2. The van der Waals surface area contributed by atoms with Gasteiger partial charge in [-0.3, -0.25) is 0 Å². The van der Waals surface area contributed by atoms with Gasteiger partial charge in [0.05, 0.1) is 0 Å². The largest absolute Gasteiger partial charge is 0.309 e. The maximum absolute atomic E-state index is 3.70. The summed E-state index contributed by atoms with van der Waals surface area (Å²) in [6, 6.07) is 5.12. The zero-order valence-electron chi connectivity index (χ0n) is 12.0. The van der Waals surface area contributed by atoms with Crippen LogP contribution in [0.25, 0.3) is 0 Å². The zero-order valence-corrected chi connectivity index (χ0v) is 13.7. The first-order valence-electron chi connectivity index (χ1n) is 7.02. The molecule has 2 heterocycles. The Morgan fingerprint density at radius 2 is 2.16 bits per heavy atom. The molecule has 0 amide bonds. The third kappa shape index (κ3) is 4.16. The molecule has 1 unspecified atom stereocenters. The summed E-state index contributed by atoms with van der Waals surface area (Å²) in [4.78, 5) is 2.95. The molecule has 2 aromatic rings. The summed E-state index contributed by atoms with van der Waals surface area (Å²) >= 11 is 3.74. The van der Waals surface area contributed by atoms with Crippen LogP contribution in [-0.2, 0) is 6.42 Å². The van der Waals surface area contributed by atoms with Gasteiger partial charge in [0.2, 0.25) is 0 Å². The van der Waals surface area contributed by atoms with Crippen LogP contribution >= 0.6 is 22.7 Å². The van der Waals surface area contributed by atoms with Crippen LogP contribution in [-0.4, -0.2) is 6.54 Å². The molecule has 0 fully saturated rings. The van der Waals surface area contributed by atoms with Gasteiger partial charge in [-0.25, -0.2) is 0 Å². The summed E-state index contributed by atoms with van der Waals surface area (Å²) < 4.78 is 0. The summed E-state index contributed by atoms with van der Waals surface area (Å²) in [5.74, 6) is 0. The van der Waals surface area contributed by atoms with Gasteiger partial charge in [-0.15, -0.1) is 11.3 Å². The second-order valence-corrected chi connectivity index (χ2v) is 7.13. The maximum atomic E-state index is 3.70. The molecule has 0 spiro atoms. The Labute approximate surface area is 124 Å². The number of hydrogen-bond donors (Lipinski definition) is 1. The molecule has 0 saturated carbocycles. The van der Waals surface area contributed by atoms with Gasteiger partial charge in [0.25, 0.3) is 0 Å². The second kappa shape index (κ2) is 7.22. The molecule has 2 aromatic heterocycles. The highest BCUT2D eigenvalue weighted by Crippen LogP contribution is 2.29. The van der Waals surface area contributed by atoms with Gasteiger partial charge < -0.3 is 5.32 Å². The predicted octanol–water partition coefficient (Wildman–Crippen LogP) is 5.10. The summed E-state index contributed by atoms with van der Waals surface area (Å²) in [5.41, 5.74) is 2.90. The highest BCUT2D eigenvalue weighted by molar-refractivity contribution is 7.12. The summed E-state index contributed by atoms with van der Waals surface area (Å²) in [6.07, 6.45) is 3.55. The SMILES string of the molecule is CCCNC(CCc1ccsc1)c1cc(C)c(C)s1. The Morgan fingerprint density at radius 3 is 2.74 bits per heavy atom. The molecule has 1 atom stereocenters. The first-order valence-corrected chi connectivity index (χ1v) is 8.78. The van der Waals surface area contributed by atoms with E-state index in [1.165, 1.54) is 40.1 Å². The monoisotopic (exact) mass is 293 g/mol. The van der Waals surface area contributed by atoms with E-state index in [4.69, 9.17) is 0 Å². The van der Waals surface area contributed by atoms with Gasteiger partial charge in [0.1, 0.15) is 0 Å². The van der Waals surface area contributed by atoms with E-state index in [1.54, 1.807) is 11.3 Å². The van der Waals surface area contributed by atoms with Crippen molar-refractivity contribution in [3.63, 3.8) is 0 Å². The standard InChI is InChI=1S/C16H23NS2/c1-4-8-17-15(6-5-14-7-9-18-11-14)16-10-12(2)13(3)19-16/h7,9-11,15,17H,4-6,8H2,1-3H3. The number of nitrogens with one attached hydrogen (secondary N) is 1. The van der Waals surface area contributed by atoms with E-state index in [-0.39, 0.29) is 0 Å². The van der Waals surface area contributed by atoms with Crippen molar-refractivity contribution in [2.45, 2.75) is 46.1 Å². The molecule has 0 bridgehead atoms. The summed E-state index contributed by atoms with van der Waals surface area (Å²) in [5, 5.41) is 8.14. The van der Waals surface area contributed by atoms with E-state index in [0.29, 0.717) is 6.04 Å². The average molecular weight is 294 g/mol. The van der Waals surface area contributed by atoms with E-state index in [1.807, 2.05) is 11.3 Å². The van der Waals surface area contributed by atoms with Gasteiger partial charge in [-0.05, 0) is 73.7 Å². The molecule has 0 saturated heterocycles. The van der Waals surface area contributed by atoms with E-state index >= 15 is 0 Å². The van der Waals surface area contributed by atoms with Crippen molar-refractivity contribution in [3.05, 3.63) is 43.8 Å². The second-order valence-electron chi connectivity index (χ2n) is 5.06. The van der Waals surface area contributed by atoms with E-state index in [0.717, 1.165) is 6.54 Å². The molecule has 0 aromatic carbocycles. The number of rotatable bonds is 7. The Hall–Kier alpha value is -0.640. The van der Waals surface area contributed by atoms with Crippen LogP contribution in [0.3, 0.4) is 0 Å². The third-order valence-corrected chi connectivity index (χ3v) is 5.47. The molecule has 1 nitrogen and oxygen atoms in total. The molecule has 0 aliphatic carbocycles. The Morgan fingerprint density at radius 1 is 1.32 bits per heavy atom. The quantitative estimate of drug-likeness (QED) is 0.749. The lowest BCUT2D eigenvalue weighted by molar-refractivity contribution is 0.506. The number of hydrogen-bond acceptors (Lipinski definition) is 3. The Balaban J connectivity index is 2.02. The van der Waals surface area contributed by atoms with Crippen LogP contribution in [0.2, 0.25) is 0 Å². The van der Waals surface area contributed by atoms with Gasteiger partial charge in [-0.1, -0.05) is 6.92 Å². The minimum atomic E-state index is 0.511. The molecule has 1 N–H and O–H groups in total. The lowest BCUT2D eigenvalue weighted by atomic mass is 10.1. The Kier molecular flexibility index (Phi) is 5.61. The maximum Gasteiger partial charge on any atom is 0.0418 e. The van der Waals surface area contributed by atoms with Gasteiger partial charge in [0, 0.05) is 15.8 Å². The number of aryl methyl sites for hydroxylation is 3. The summed E-state index contributed by atoms with van der Waals surface area (Å²) in [7, 11) is 0.